The predicted octanol–water partition coefficient (Wildman–Crippen LogP) is 4.09. The van der Waals surface area contributed by atoms with E-state index < -0.39 is 4.92 Å². The van der Waals surface area contributed by atoms with Gasteiger partial charge in [0, 0.05) is 42.0 Å². The molecule has 2 aromatic carbocycles. The molecule has 2 aromatic heterocycles. The highest BCUT2D eigenvalue weighted by molar-refractivity contribution is 6.08. The van der Waals surface area contributed by atoms with Crippen molar-refractivity contribution >= 4 is 17.3 Å². The van der Waals surface area contributed by atoms with E-state index in [1.54, 1.807) is 29.3 Å². The van der Waals surface area contributed by atoms with Gasteiger partial charge in [-0.3, -0.25) is 19.9 Å². The van der Waals surface area contributed by atoms with Crippen LogP contribution in [0.4, 0.5) is 11.4 Å². The number of para-hydroxylation sites is 1. The maximum absolute atomic E-state index is 13.0. The SMILES string of the molecule is O=C(Nc1ccc([N+](=O)[O-])cc1)c1cn(-c2ccccc2)nc1-c1cccnc1. The van der Waals surface area contributed by atoms with Crippen LogP contribution in [0.5, 0.6) is 0 Å². The van der Waals surface area contributed by atoms with Crippen molar-refractivity contribution in [2.24, 2.45) is 0 Å². The Morgan fingerprint density at radius 1 is 1.00 bits per heavy atom. The summed E-state index contributed by atoms with van der Waals surface area (Å²) in [5, 5.41) is 18.1. The minimum atomic E-state index is -0.490. The summed E-state index contributed by atoms with van der Waals surface area (Å²) >= 11 is 0. The summed E-state index contributed by atoms with van der Waals surface area (Å²) in [6.07, 6.45) is 4.94. The molecule has 0 aliphatic rings. The molecule has 4 aromatic rings. The van der Waals surface area contributed by atoms with E-state index in [-0.39, 0.29) is 11.6 Å². The molecule has 8 heteroatoms. The van der Waals surface area contributed by atoms with Gasteiger partial charge in [-0.15, -0.1) is 0 Å². The number of rotatable bonds is 5. The van der Waals surface area contributed by atoms with Gasteiger partial charge in [-0.05, 0) is 36.4 Å². The lowest BCUT2D eigenvalue weighted by molar-refractivity contribution is -0.384. The number of nitro groups is 1. The van der Waals surface area contributed by atoms with E-state index in [1.165, 1.54) is 24.3 Å². The molecule has 0 bridgehead atoms. The maximum atomic E-state index is 13.0. The van der Waals surface area contributed by atoms with Crippen LogP contribution in [0.3, 0.4) is 0 Å². The van der Waals surface area contributed by atoms with E-state index in [0.717, 1.165) is 5.69 Å². The van der Waals surface area contributed by atoms with Gasteiger partial charge in [0.1, 0.15) is 5.69 Å². The second-order valence-electron chi connectivity index (χ2n) is 6.17. The van der Waals surface area contributed by atoms with Gasteiger partial charge in [-0.2, -0.15) is 5.10 Å². The second-order valence-corrected chi connectivity index (χ2v) is 6.17. The normalized spacial score (nSPS) is 10.5. The topological polar surface area (TPSA) is 103 Å². The number of nitrogens with one attached hydrogen (secondary N) is 1. The number of nitrogens with zero attached hydrogens (tertiary/aromatic N) is 4. The summed E-state index contributed by atoms with van der Waals surface area (Å²) in [5.41, 5.74) is 2.77. The van der Waals surface area contributed by atoms with Crippen molar-refractivity contribution in [1.82, 2.24) is 14.8 Å². The zero-order chi connectivity index (χ0) is 20.2. The fourth-order valence-corrected chi connectivity index (χ4v) is 2.83. The Bertz CT molecular complexity index is 1160. The molecule has 0 spiro atoms. The van der Waals surface area contributed by atoms with Crippen LogP contribution in [-0.2, 0) is 0 Å². The number of amides is 1. The first-order chi connectivity index (χ1) is 14.1. The molecule has 29 heavy (non-hydrogen) atoms. The zero-order valence-electron chi connectivity index (χ0n) is 15.1. The number of hydrogen-bond acceptors (Lipinski definition) is 5. The first-order valence-corrected chi connectivity index (χ1v) is 8.73. The van der Waals surface area contributed by atoms with Crippen molar-refractivity contribution in [3.63, 3.8) is 0 Å². The summed E-state index contributed by atoms with van der Waals surface area (Å²) in [5.74, 6) is -0.375. The fraction of sp³-hybridized carbons (Fsp3) is 0. The average Bonchev–Trinajstić information content (AvgIpc) is 3.21. The van der Waals surface area contributed by atoms with Crippen LogP contribution in [0.25, 0.3) is 16.9 Å². The number of benzene rings is 2. The van der Waals surface area contributed by atoms with Crippen molar-refractivity contribution in [3.8, 4) is 16.9 Å². The molecule has 0 unspecified atom stereocenters. The van der Waals surface area contributed by atoms with Gasteiger partial charge < -0.3 is 5.32 Å². The third kappa shape index (κ3) is 3.86. The Hall–Kier alpha value is -4.33. The Kier molecular flexibility index (Phi) is 4.81. The van der Waals surface area contributed by atoms with Crippen LogP contribution >= 0.6 is 0 Å². The van der Waals surface area contributed by atoms with E-state index in [2.05, 4.69) is 15.4 Å². The van der Waals surface area contributed by atoms with Crippen LogP contribution in [0.1, 0.15) is 10.4 Å². The molecule has 0 atom stereocenters. The molecule has 142 valence electrons. The third-order valence-electron chi connectivity index (χ3n) is 4.25. The zero-order valence-corrected chi connectivity index (χ0v) is 15.1. The van der Waals surface area contributed by atoms with Gasteiger partial charge in [0.15, 0.2) is 0 Å². The molecule has 0 saturated carbocycles. The smallest absolute Gasteiger partial charge is 0.269 e. The third-order valence-corrected chi connectivity index (χ3v) is 4.25. The van der Waals surface area contributed by atoms with Gasteiger partial charge in [-0.25, -0.2) is 4.68 Å². The van der Waals surface area contributed by atoms with Crippen molar-refractivity contribution in [1.29, 1.82) is 0 Å². The Morgan fingerprint density at radius 2 is 1.76 bits per heavy atom. The van der Waals surface area contributed by atoms with E-state index >= 15 is 0 Å². The monoisotopic (exact) mass is 385 g/mol. The molecule has 4 rings (SSSR count). The summed E-state index contributed by atoms with van der Waals surface area (Å²) in [4.78, 5) is 27.4. The molecule has 2 heterocycles. The summed E-state index contributed by atoms with van der Waals surface area (Å²) < 4.78 is 1.63. The van der Waals surface area contributed by atoms with Crippen molar-refractivity contribution < 1.29 is 9.72 Å². The number of carbonyl (C=O) groups excluding carboxylic acids is 1. The predicted molar refractivity (Wildman–Crippen MR) is 108 cm³/mol. The Balaban J connectivity index is 1.70. The van der Waals surface area contributed by atoms with E-state index in [4.69, 9.17) is 0 Å². The molecule has 0 saturated heterocycles. The van der Waals surface area contributed by atoms with Gasteiger partial charge in [-0.1, -0.05) is 18.2 Å². The molecule has 0 radical (unpaired) electrons. The molecule has 0 aliphatic heterocycles. The lowest BCUT2D eigenvalue weighted by Gasteiger charge is -2.05. The largest absolute Gasteiger partial charge is 0.322 e. The average molecular weight is 385 g/mol. The number of nitro benzene ring substituents is 1. The first-order valence-electron chi connectivity index (χ1n) is 8.73. The molecule has 1 N–H and O–H groups in total. The molecule has 8 nitrogen and oxygen atoms in total. The molecule has 0 aliphatic carbocycles. The second kappa shape index (κ2) is 7.73. The Labute approximate surface area is 165 Å². The molecule has 0 fully saturated rings. The highest BCUT2D eigenvalue weighted by atomic mass is 16.6. The number of carbonyl (C=O) groups is 1. The van der Waals surface area contributed by atoms with Crippen LogP contribution in [0.2, 0.25) is 0 Å². The highest BCUT2D eigenvalue weighted by Gasteiger charge is 2.19. The first kappa shape index (κ1) is 18.1. The number of hydrogen-bond donors (Lipinski definition) is 1. The van der Waals surface area contributed by atoms with Gasteiger partial charge in [0.2, 0.25) is 0 Å². The van der Waals surface area contributed by atoms with Gasteiger partial charge >= 0.3 is 0 Å². The highest BCUT2D eigenvalue weighted by Crippen LogP contribution is 2.24. The van der Waals surface area contributed by atoms with Crippen LogP contribution in [0, 0.1) is 10.1 Å². The van der Waals surface area contributed by atoms with Crippen molar-refractivity contribution in [2.75, 3.05) is 5.32 Å². The van der Waals surface area contributed by atoms with Crippen LogP contribution in [-0.4, -0.2) is 25.6 Å². The molecule has 1 amide bonds. The fourth-order valence-electron chi connectivity index (χ4n) is 2.83. The summed E-state index contributed by atoms with van der Waals surface area (Å²) in [6.45, 7) is 0. The van der Waals surface area contributed by atoms with Crippen LogP contribution < -0.4 is 5.32 Å². The number of pyridine rings is 1. The molecular weight excluding hydrogens is 370 g/mol. The minimum Gasteiger partial charge on any atom is -0.322 e. The van der Waals surface area contributed by atoms with E-state index in [1.807, 2.05) is 36.4 Å². The molecular formula is C21H15N5O3. The number of aromatic nitrogens is 3. The minimum absolute atomic E-state index is 0.0454. The van der Waals surface area contributed by atoms with Crippen molar-refractivity contribution in [3.05, 3.63) is 101 Å². The summed E-state index contributed by atoms with van der Waals surface area (Å²) in [6, 6.07) is 18.7. The quantitative estimate of drug-likeness (QED) is 0.412. The van der Waals surface area contributed by atoms with Gasteiger partial charge in [0.25, 0.3) is 11.6 Å². The standard InChI is InChI=1S/C21H15N5O3/c27-21(23-16-8-10-18(11-9-16)26(28)29)19-14-25(17-6-2-1-3-7-17)24-20(19)15-5-4-12-22-13-15/h1-14H,(H,23,27). The van der Waals surface area contributed by atoms with E-state index in [0.29, 0.717) is 22.5 Å². The number of anilines is 1. The Morgan fingerprint density at radius 3 is 2.41 bits per heavy atom. The van der Waals surface area contributed by atoms with E-state index in [9.17, 15) is 14.9 Å². The summed E-state index contributed by atoms with van der Waals surface area (Å²) in [7, 11) is 0. The van der Waals surface area contributed by atoms with Gasteiger partial charge in [0.05, 0.1) is 16.2 Å². The van der Waals surface area contributed by atoms with Crippen molar-refractivity contribution in [2.45, 2.75) is 0 Å². The number of non-ortho nitro benzene ring substituents is 1. The lowest BCUT2D eigenvalue weighted by atomic mass is 10.1. The van der Waals surface area contributed by atoms with Crippen LogP contribution in [0.15, 0.2) is 85.3 Å². The maximum Gasteiger partial charge on any atom is 0.269 e. The lowest BCUT2D eigenvalue weighted by Crippen LogP contribution is -2.12.